The molecule has 0 amide bonds. The molecule has 0 saturated heterocycles. The van der Waals surface area contributed by atoms with E-state index in [4.69, 9.17) is 0 Å². The summed E-state index contributed by atoms with van der Waals surface area (Å²) in [7, 11) is 0. The summed E-state index contributed by atoms with van der Waals surface area (Å²) in [5, 5.41) is 25.9. The molecule has 2 aromatic rings. The lowest BCUT2D eigenvalue weighted by Gasteiger charge is -2.11. The zero-order chi connectivity index (χ0) is 15.2. The summed E-state index contributed by atoms with van der Waals surface area (Å²) in [5.74, 6) is 0.554. The third-order valence-corrected chi connectivity index (χ3v) is 3.29. The Morgan fingerprint density at radius 2 is 1.19 bits per heavy atom. The second kappa shape index (κ2) is 6.88. The molecule has 2 rings (SSSR count). The first kappa shape index (κ1) is 15.0. The Morgan fingerprint density at radius 1 is 0.762 bits per heavy atom. The smallest absolute Gasteiger partial charge is 0.138 e. The summed E-state index contributed by atoms with van der Waals surface area (Å²) in [6.45, 7) is 5.38. The van der Waals surface area contributed by atoms with Crippen molar-refractivity contribution in [2.75, 3.05) is 23.7 Å². The van der Waals surface area contributed by atoms with Crippen LogP contribution in [-0.4, -0.2) is 23.3 Å². The molecule has 0 fully saturated rings. The van der Waals surface area contributed by atoms with Gasteiger partial charge in [0.05, 0.1) is 11.4 Å². The molecule has 0 aliphatic rings. The number of hydrogen-bond acceptors (Lipinski definition) is 4. The van der Waals surface area contributed by atoms with Gasteiger partial charge < -0.3 is 20.8 Å². The van der Waals surface area contributed by atoms with E-state index >= 15 is 0 Å². The molecule has 21 heavy (non-hydrogen) atoms. The van der Waals surface area contributed by atoms with E-state index in [1.807, 2.05) is 38.1 Å². The number of benzene rings is 2. The van der Waals surface area contributed by atoms with Crippen LogP contribution in [-0.2, 0) is 0 Å². The van der Waals surface area contributed by atoms with Crippen molar-refractivity contribution in [3.8, 4) is 11.5 Å². The number of phenols is 2. The van der Waals surface area contributed by atoms with E-state index < -0.39 is 0 Å². The number of rotatable bonds is 6. The monoisotopic (exact) mass is 286 g/mol. The predicted octanol–water partition coefficient (Wildman–Crippen LogP) is 3.63. The first-order valence-electron chi connectivity index (χ1n) is 7.13. The van der Waals surface area contributed by atoms with Crippen molar-refractivity contribution in [1.82, 2.24) is 0 Å². The molecule has 0 atom stereocenters. The van der Waals surface area contributed by atoms with Crippen molar-refractivity contribution in [2.24, 2.45) is 0 Å². The number of aryl methyl sites for hydroxylation is 2. The van der Waals surface area contributed by atoms with Gasteiger partial charge in [-0.05, 0) is 55.7 Å². The predicted molar refractivity (Wildman–Crippen MR) is 87.3 cm³/mol. The lowest BCUT2D eigenvalue weighted by molar-refractivity contribution is 0.476. The lowest BCUT2D eigenvalue weighted by Crippen LogP contribution is -2.09. The zero-order valence-electron chi connectivity index (χ0n) is 12.5. The van der Waals surface area contributed by atoms with Crippen LogP contribution < -0.4 is 10.6 Å². The molecule has 0 aliphatic carbocycles. The molecule has 112 valence electrons. The van der Waals surface area contributed by atoms with Crippen molar-refractivity contribution in [1.29, 1.82) is 0 Å². The minimum Gasteiger partial charge on any atom is -0.506 e. The zero-order valence-corrected chi connectivity index (χ0v) is 12.5. The molecular weight excluding hydrogens is 264 g/mol. The second-order valence-corrected chi connectivity index (χ2v) is 5.25. The van der Waals surface area contributed by atoms with Crippen LogP contribution in [0.4, 0.5) is 11.4 Å². The van der Waals surface area contributed by atoms with Crippen LogP contribution >= 0.6 is 0 Å². The Hall–Kier alpha value is -2.36. The maximum absolute atomic E-state index is 9.78. The van der Waals surface area contributed by atoms with Gasteiger partial charge in [-0.15, -0.1) is 0 Å². The van der Waals surface area contributed by atoms with Crippen molar-refractivity contribution < 1.29 is 10.2 Å². The largest absolute Gasteiger partial charge is 0.506 e. The highest BCUT2D eigenvalue weighted by Gasteiger charge is 2.01. The fourth-order valence-corrected chi connectivity index (χ4v) is 2.12. The van der Waals surface area contributed by atoms with Gasteiger partial charge in [-0.25, -0.2) is 0 Å². The summed E-state index contributed by atoms with van der Waals surface area (Å²) in [5.41, 5.74) is 3.57. The van der Waals surface area contributed by atoms with E-state index in [1.54, 1.807) is 12.1 Å². The van der Waals surface area contributed by atoms with E-state index in [0.717, 1.165) is 42.0 Å². The first-order chi connectivity index (χ1) is 10.1. The SMILES string of the molecule is Cc1ccc(NCCCNc2ccc(C)cc2O)c(O)c1. The fourth-order valence-electron chi connectivity index (χ4n) is 2.12. The summed E-state index contributed by atoms with van der Waals surface area (Å²) in [6.07, 6.45) is 0.876. The highest BCUT2D eigenvalue weighted by molar-refractivity contribution is 5.57. The maximum Gasteiger partial charge on any atom is 0.138 e. The van der Waals surface area contributed by atoms with E-state index in [9.17, 15) is 10.2 Å². The van der Waals surface area contributed by atoms with Gasteiger partial charge in [-0.1, -0.05) is 12.1 Å². The summed E-state index contributed by atoms with van der Waals surface area (Å²) < 4.78 is 0. The Bertz CT molecular complexity index is 558. The molecule has 4 N–H and O–H groups in total. The molecule has 0 aromatic heterocycles. The van der Waals surface area contributed by atoms with Crippen LogP contribution in [0.1, 0.15) is 17.5 Å². The normalized spacial score (nSPS) is 10.4. The summed E-state index contributed by atoms with van der Waals surface area (Å²) in [4.78, 5) is 0. The van der Waals surface area contributed by atoms with Gasteiger partial charge in [0.15, 0.2) is 0 Å². The second-order valence-electron chi connectivity index (χ2n) is 5.25. The van der Waals surface area contributed by atoms with Gasteiger partial charge in [0.1, 0.15) is 11.5 Å². The van der Waals surface area contributed by atoms with Gasteiger partial charge in [0.25, 0.3) is 0 Å². The van der Waals surface area contributed by atoms with Gasteiger partial charge >= 0.3 is 0 Å². The maximum atomic E-state index is 9.78. The van der Waals surface area contributed by atoms with E-state index in [0.29, 0.717) is 0 Å². The Balaban J connectivity index is 1.75. The Kier molecular flexibility index (Phi) is 4.93. The molecule has 0 aliphatic heterocycles. The van der Waals surface area contributed by atoms with E-state index in [2.05, 4.69) is 10.6 Å². The molecule has 0 unspecified atom stereocenters. The molecular formula is C17H22N2O2. The Labute approximate surface area is 125 Å². The lowest BCUT2D eigenvalue weighted by atomic mass is 10.2. The highest BCUT2D eigenvalue weighted by atomic mass is 16.3. The van der Waals surface area contributed by atoms with Crippen molar-refractivity contribution in [3.05, 3.63) is 47.5 Å². The van der Waals surface area contributed by atoms with E-state index in [1.165, 1.54) is 0 Å². The fraction of sp³-hybridized carbons (Fsp3) is 0.294. The summed E-state index contributed by atoms with van der Waals surface area (Å²) >= 11 is 0. The highest BCUT2D eigenvalue weighted by Crippen LogP contribution is 2.24. The number of aromatic hydroxyl groups is 2. The standard InChI is InChI=1S/C17H22N2O2/c1-12-4-6-14(16(20)10-12)18-8-3-9-19-15-7-5-13(2)11-17(15)21/h4-7,10-11,18-21H,3,8-9H2,1-2H3. The molecule has 0 bridgehead atoms. The van der Waals surface area contributed by atoms with Crippen molar-refractivity contribution in [2.45, 2.75) is 20.3 Å². The van der Waals surface area contributed by atoms with Gasteiger partial charge in [0.2, 0.25) is 0 Å². The van der Waals surface area contributed by atoms with Gasteiger partial charge in [-0.3, -0.25) is 0 Å². The van der Waals surface area contributed by atoms with Gasteiger partial charge in [0, 0.05) is 13.1 Å². The number of anilines is 2. The molecule has 0 heterocycles. The topological polar surface area (TPSA) is 64.5 Å². The third kappa shape index (κ3) is 4.31. The molecule has 2 aromatic carbocycles. The van der Waals surface area contributed by atoms with Crippen LogP contribution in [0.15, 0.2) is 36.4 Å². The average molecular weight is 286 g/mol. The number of phenolic OH excluding ortho intramolecular Hbond substituents is 2. The van der Waals surface area contributed by atoms with Crippen LogP contribution in [0, 0.1) is 13.8 Å². The van der Waals surface area contributed by atoms with Crippen molar-refractivity contribution >= 4 is 11.4 Å². The molecule has 4 heteroatoms. The summed E-state index contributed by atoms with van der Waals surface area (Å²) in [6, 6.07) is 11.2. The molecule has 0 radical (unpaired) electrons. The number of hydrogen-bond donors (Lipinski definition) is 4. The van der Waals surface area contributed by atoms with Crippen LogP contribution in [0.5, 0.6) is 11.5 Å². The van der Waals surface area contributed by atoms with E-state index in [-0.39, 0.29) is 11.5 Å². The van der Waals surface area contributed by atoms with Gasteiger partial charge in [-0.2, -0.15) is 0 Å². The average Bonchev–Trinajstić information content (AvgIpc) is 2.42. The molecule has 0 spiro atoms. The van der Waals surface area contributed by atoms with Crippen LogP contribution in [0.25, 0.3) is 0 Å². The third-order valence-electron chi connectivity index (χ3n) is 3.29. The minimum atomic E-state index is 0.277. The minimum absolute atomic E-state index is 0.277. The quantitative estimate of drug-likeness (QED) is 0.484. The first-order valence-corrected chi connectivity index (χ1v) is 7.13. The van der Waals surface area contributed by atoms with Crippen molar-refractivity contribution in [3.63, 3.8) is 0 Å². The Morgan fingerprint density at radius 3 is 1.57 bits per heavy atom. The van der Waals surface area contributed by atoms with Crippen LogP contribution in [0.2, 0.25) is 0 Å². The molecule has 0 saturated carbocycles. The number of nitrogens with one attached hydrogen (secondary N) is 2. The van der Waals surface area contributed by atoms with Crippen LogP contribution in [0.3, 0.4) is 0 Å². The molecule has 4 nitrogen and oxygen atoms in total.